The number of allylic oxidation sites excluding steroid dienone is 2. The molecule has 0 N–H and O–H groups in total. The molecule has 4 nitrogen and oxygen atoms in total. The van der Waals surface area contributed by atoms with E-state index in [9.17, 15) is 22.8 Å². The number of hydrogen-bond acceptors (Lipinski definition) is 3. The van der Waals surface area contributed by atoms with Gasteiger partial charge < -0.3 is 0 Å². The van der Waals surface area contributed by atoms with E-state index >= 15 is 0 Å². The standard InChI is InChI=1S/C24H23F3N2O2/c1-28(2)29-20-12-16(15-8-4-3-5-9-15)13-21(30)23(20)18(14-22(29)31)17-10-6-7-11-19(17)24(25,26)27/h3-11,16,18H,12-14H2,1-2H3/t16-,18+/m1/s1. The number of carbonyl (C=O) groups excluding carboxylic acids is 2. The quantitative estimate of drug-likeness (QED) is 0.698. The lowest BCUT2D eigenvalue weighted by Gasteiger charge is -2.43. The van der Waals surface area contributed by atoms with Crippen molar-refractivity contribution in [2.45, 2.75) is 37.3 Å². The zero-order valence-electron chi connectivity index (χ0n) is 17.3. The van der Waals surface area contributed by atoms with E-state index in [0.29, 0.717) is 17.7 Å². The van der Waals surface area contributed by atoms with Crippen molar-refractivity contribution in [2.24, 2.45) is 0 Å². The average Bonchev–Trinajstić information content (AvgIpc) is 2.72. The molecule has 0 aromatic heterocycles. The fraction of sp³-hybridized carbons (Fsp3) is 0.333. The number of ketones is 1. The monoisotopic (exact) mass is 428 g/mol. The van der Waals surface area contributed by atoms with E-state index in [1.807, 2.05) is 30.3 Å². The van der Waals surface area contributed by atoms with Crippen LogP contribution in [0.1, 0.15) is 47.8 Å². The fourth-order valence-electron chi connectivity index (χ4n) is 4.77. The van der Waals surface area contributed by atoms with E-state index in [-0.39, 0.29) is 36.0 Å². The molecular formula is C24H23F3N2O2. The van der Waals surface area contributed by atoms with Gasteiger partial charge in [-0.05, 0) is 29.5 Å². The van der Waals surface area contributed by atoms with Crippen LogP contribution >= 0.6 is 0 Å². The van der Waals surface area contributed by atoms with Gasteiger partial charge in [-0.1, -0.05) is 48.5 Å². The summed E-state index contributed by atoms with van der Waals surface area (Å²) in [5, 5.41) is 3.05. The molecule has 1 heterocycles. The van der Waals surface area contributed by atoms with Crippen molar-refractivity contribution in [3.8, 4) is 0 Å². The van der Waals surface area contributed by atoms with Gasteiger partial charge >= 0.3 is 6.18 Å². The maximum absolute atomic E-state index is 13.7. The molecule has 31 heavy (non-hydrogen) atoms. The third-order valence-corrected chi connectivity index (χ3v) is 6.01. The molecule has 162 valence electrons. The molecule has 7 heteroatoms. The highest BCUT2D eigenvalue weighted by molar-refractivity contribution is 6.02. The third kappa shape index (κ3) is 3.90. The van der Waals surface area contributed by atoms with E-state index in [4.69, 9.17) is 0 Å². The van der Waals surface area contributed by atoms with Crippen molar-refractivity contribution in [3.63, 3.8) is 0 Å². The normalized spacial score (nSPS) is 22.2. The van der Waals surface area contributed by atoms with Crippen LogP contribution in [0.15, 0.2) is 65.9 Å². The molecule has 0 unspecified atom stereocenters. The molecule has 0 saturated carbocycles. The highest BCUT2D eigenvalue weighted by Crippen LogP contribution is 2.48. The number of amides is 1. The molecule has 2 aromatic rings. The van der Waals surface area contributed by atoms with Crippen LogP contribution in [0.25, 0.3) is 0 Å². The Kier molecular flexibility index (Phi) is 5.47. The number of alkyl halides is 3. The summed E-state index contributed by atoms with van der Waals surface area (Å²) in [4.78, 5) is 26.4. The number of benzene rings is 2. The van der Waals surface area contributed by atoms with Crippen molar-refractivity contribution in [2.75, 3.05) is 14.1 Å². The summed E-state index contributed by atoms with van der Waals surface area (Å²) in [5.41, 5.74) is 1.01. The molecule has 1 amide bonds. The van der Waals surface area contributed by atoms with Crippen molar-refractivity contribution >= 4 is 11.7 Å². The topological polar surface area (TPSA) is 40.6 Å². The van der Waals surface area contributed by atoms with Crippen LogP contribution in [0.2, 0.25) is 0 Å². The third-order valence-electron chi connectivity index (χ3n) is 6.01. The number of Topliss-reactive ketones (excluding diaryl/α,β-unsaturated/α-hetero) is 1. The first-order valence-corrected chi connectivity index (χ1v) is 10.2. The summed E-state index contributed by atoms with van der Waals surface area (Å²) in [6.45, 7) is 0. The van der Waals surface area contributed by atoms with Crippen molar-refractivity contribution < 1.29 is 22.8 Å². The predicted octanol–water partition coefficient (Wildman–Crippen LogP) is 4.90. The first-order valence-electron chi connectivity index (χ1n) is 10.2. The summed E-state index contributed by atoms with van der Waals surface area (Å²) in [5.74, 6) is -1.54. The van der Waals surface area contributed by atoms with Gasteiger partial charge in [-0.15, -0.1) is 0 Å². The van der Waals surface area contributed by atoms with E-state index in [2.05, 4.69) is 0 Å². The van der Waals surface area contributed by atoms with Crippen LogP contribution in [-0.2, 0) is 15.8 Å². The van der Waals surface area contributed by atoms with Crippen LogP contribution in [0, 0.1) is 0 Å². The van der Waals surface area contributed by atoms with Gasteiger partial charge in [-0.3, -0.25) is 9.59 Å². The van der Waals surface area contributed by atoms with E-state index in [0.717, 1.165) is 11.6 Å². The van der Waals surface area contributed by atoms with Gasteiger partial charge in [0, 0.05) is 44.1 Å². The second-order valence-corrected chi connectivity index (χ2v) is 8.19. The number of rotatable bonds is 3. The van der Waals surface area contributed by atoms with Crippen molar-refractivity contribution in [3.05, 3.63) is 82.6 Å². The molecule has 0 fully saturated rings. The Morgan fingerprint density at radius 1 is 0.903 bits per heavy atom. The SMILES string of the molecule is CN(C)N1C(=O)C[C@@H](c2ccccc2C(F)(F)F)C2=C1C[C@@H](c1ccccc1)CC2=O. The second-order valence-electron chi connectivity index (χ2n) is 8.19. The van der Waals surface area contributed by atoms with Gasteiger partial charge in [0.15, 0.2) is 5.78 Å². The zero-order chi connectivity index (χ0) is 22.3. The van der Waals surface area contributed by atoms with Crippen molar-refractivity contribution in [1.29, 1.82) is 0 Å². The first kappa shape index (κ1) is 21.3. The Labute approximate surface area is 178 Å². The lowest BCUT2D eigenvalue weighted by atomic mass is 9.72. The molecule has 2 aliphatic rings. The Morgan fingerprint density at radius 3 is 2.19 bits per heavy atom. The minimum absolute atomic E-state index is 0.0132. The molecule has 2 atom stereocenters. The molecule has 2 aromatic carbocycles. The Morgan fingerprint density at radius 2 is 1.55 bits per heavy atom. The highest BCUT2D eigenvalue weighted by Gasteiger charge is 2.45. The molecule has 4 rings (SSSR count). The smallest absolute Gasteiger partial charge is 0.294 e. The summed E-state index contributed by atoms with van der Waals surface area (Å²) >= 11 is 0. The zero-order valence-corrected chi connectivity index (χ0v) is 17.3. The number of halogens is 3. The number of nitrogens with zero attached hydrogens (tertiary/aromatic N) is 2. The molecule has 0 radical (unpaired) electrons. The van der Waals surface area contributed by atoms with Gasteiger partial charge in [-0.25, -0.2) is 10.0 Å². The lowest BCUT2D eigenvalue weighted by molar-refractivity contribution is -0.144. The summed E-state index contributed by atoms with van der Waals surface area (Å²) in [6.07, 6.45) is -4.11. The first-order chi connectivity index (χ1) is 14.7. The second kappa shape index (κ2) is 7.96. The minimum Gasteiger partial charge on any atom is -0.294 e. The van der Waals surface area contributed by atoms with Gasteiger partial charge in [0.05, 0.1) is 5.56 Å². The van der Waals surface area contributed by atoms with Gasteiger partial charge in [0.1, 0.15) is 0 Å². The van der Waals surface area contributed by atoms with Gasteiger partial charge in [-0.2, -0.15) is 13.2 Å². The van der Waals surface area contributed by atoms with Crippen molar-refractivity contribution in [1.82, 2.24) is 10.0 Å². The number of hydrazine groups is 1. The largest absolute Gasteiger partial charge is 0.416 e. The van der Waals surface area contributed by atoms with Gasteiger partial charge in [0.25, 0.3) is 0 Å². The van der Waals surface area contributed by atoms with Gasteiger partial charge in [0.2, 0.25) is 5.91 Å². The van der Waals surface area contributed by atoms with E-state index in [1.165, 1.54) is 23.2 Å². The Balaban J connectivity index is 1.86. The number of hydrogen-bond donors (Lipinski definition) is 0. The molecule has 0 saturated heterocycles. The van der Waals surface area contributed by atoms with Crippen LogP contribution in [-0.4, -0.2) is 35.8 Å². The maximum atomic E-state index is 13.7. The predicted molar refractivity (Wildman–Crippen MR) is 110 cm³/mol. The van der Waals surface area contributed by atoms with E-state index in [1.54, 1.807) is 19.1 Å². The molecule has 1 aliphatic heterocycles. The summed E-state index contributed by atoms with van der Waals surface area (Å²) in [7, 11) is 3.40. The average molecular weight is 428 g/mol. The summed E-state index contributed by atoms with van der Waals surface area (Å²) < 4.78 is 41.1. The minimum atomic E-state index is -4.57. The fourth-order valence-corrected chi connectivity index (χ4v) is 4.77. The molecular weight excluding hydrogens is 405 g/mol. The van der Waals surface area contributed by atoms with Crippen LogP contribution in [0.3, 0.4) is 0 Å². The maximum Gasteiger partial charge on any atom is 0.416 e. The van der Waals surface area contributed by atoms with Crippen LogP contribution < -0.4 is 0 Å². The van der Waals surface area contributed by atoms with E-state index < -0.39 is 17.7 Å². The highest BCUT2D eigenvalue weighted by atomic mass is 19.4. The molecule has 1 aliphatic carbocycles. The van der Waals surface area contributed by atoms with Crippen LogP contribution in [0.4, 0.5) is 13.2 Å². The summed E-state index contributed by atoms with van der Waals surface area (Å²) in [6, 6.07) is 14.8. The molecule has 0 spiro atoms. The molecule has 0 bridgehead atoms. The lowest BCUT2D eigenvalue weighted by Crippen LogP contribution is -2.48. The number of carbonyl (C=O) groups is 2. The Hall–Kier alpha value is -2.93. The van der Waals surface area contributed by atoms with Crippen LogP contribution in [0.5, 0.6) is 0 Å². The Bertz CT molecular complexity index is 1040.